The Bertz CT molecular complexity index is 184. The lowest BCUT2D eigenvalue weighted by molar-refractivity contribution is -0.113. The van der Waals surface area contributed by atoms with Gasteiger partial charge in [0.25, 0.3) is 0 Å². The van der Waals surface area contributed by atoms with Gasteiger partial charge in [-0.1, -0.05) is 13.3 Å². The normalized spacial score (nSPS) is 17.2. The van der Waals surface area contributed by atoms with E-state index in [1.54, 1.807) is 0 Å². The first kappa shape index (κ1) is 9.43. The van der Waals surface area contributed by atoms with Crippen molar-refractivity contribution in [3.8, 4) is 0 Å². The van der Waals surface area contributed by atoms with Crippen molar-refractivity contribution in [2.75, 3.05) is 6.54 Å². The van der Waals surface area contributed by atoms with Crippen LogP contribution in [0.15, 0.2) is 4.99 Å². The molecular weight excluding hydrogens is 150 g/mol. The highest BCUT2D eigenvalue weighted by molar-refractivity contribution is 6.39. The monoisotopic (exact) mass is 167 g/mol. The lowest BCUT2D eigenvalue weighted by atomic mass is 10.0. The number of unbranched alkanes of at least 4 members (excludes halogenated alkanes) is 1. The lowest BCUT2D eigenvalue weighted by Crippen LogP contribution is -2.17. The van der Waals surface area contributed by atoms with Crippen molar-refractivity contribution in [2.45, 2.75) is 45.4 Å². The van der Waals surface area contributed by atoms with Gasteiger partial charge in [0.2, 0.25) is 0 Å². The quantitative estimate of drug-likeness (QED) is 0.632. The summed E-state index contributed by atoms with van der Waals surface area (Å²) < 4.78 is 0. The molecule has 0 amide bonds. The molecule has 1 aliphatic heterocycles. The van der Waals surface area contributed by atoms with Gasteiger partial charge in [0, 0.05) is 13.0 Å². The molecular formula is C10H17NO. The predicted octanol–water partition coefficient (Wildman–Crippen LogP) is 2.37. The van der Waals surface area contributed by atoms with Crippen molar-refractivity contribution in [3.63, 3.8) is 0 Å². The fourth-order valence-electron chi connectivity index (χ4n) is 1.41. The van der Waals surface area contributed by atoms with Gasteiger partial charge in [-0.3, -0.25) is 9.79 Å². The van der Waals surface area contributed by atoms with Crippen molar-refractivity contribution in [3.05, 3.63) is 0 Å². The van der Waals surface area contributed by atoms with Crippen molar-refractivity contribution in [1.29, 1.82) is 0 Å². The van der Waals surface area contributed by atoms with Crippen LogP contribution in [0.25, 0.3) is 0 Å². The van der Waals surface area contributed by atoms with Crippen LogP contribution in [0.5, 0.6) is 0 Å². The molecule has 0 spiro atoms. The van der Waals surface area contributed by atoms with Gasteiger partial charge in [-0.2, -0.15) is 0 Å². The second-order valence-corrected chi connectivity index (χ2v) is 3.31. The maximum atomic E-state index is 11.4. The number of nitrogens with zero attached hydrogens (tertiary/aromatic N) is 1. The molecule has 0 bridgehead atoms. The van der Waals surface area contributed by atoms with E-state index in [9.17, 15) is 4.79 Å². The topological polar surface area (TPSA) is 29.4 Å². The van der Waals surface area contributed by atoms with Gasteiger partial charge in [0.15, 0.2) is 5.78 Å². The third-order valence-corrected chi connectivity index (χ3v) is 2.20. The largest absolute Gasteiger partial charge is 0.293 e. The van der Waals surface area contributed by atoms with Gasteiger partial charge in [-0.15, -0.1) is 0 Å². The van der Waals surface area contributed by atoms with Crippen LogP contribution >= 0.6 is 0 Å². The number of carbonyl (C=O) groups excluding carboxylic acids is 1. The molecule has 0 aromatic carbocycles. The van der Waals surface area contributed by atoms with Crippen LogP contribution < -0.4 is 0 Å². The molecule has 68 valence electrons. The van der Waals surface area contributed by atoms with Gasteiger partial charge < -0.3 is 0 Å². The molecule has 1 rings (SSSR count). The molecule has 0 atom stereocenters. The van der Waals surface area contributed by atoms with Crippen molar-refractivity contribution < 1.29 is 4.79 Å². The highest BCUT2D eigenvalue weighted by Crippen LogP contribution is 2.09. The summed E-state index contributed by atoms with van der Waals surface area (Å²) in [6.45, 7) is 2.98. The van der Waals surface area contributed by atoms with Crippen molar-refractivity contribution in [1.82, 2.24) is 0 Å². The summed E-state index contributed by atoms with van der Waals surface area (Å²) in [5.74, 6) is 0.288. The summed E-state index contributed by atoms with van der Waals surface area (Å²) in [5, 5.41) is 0. The highest BCUT2D eigenvalue weighted by Gasteiger charge is 2.12. The zero-order valence-corrected chi connectivity index (χ0v) is 7.81. The lowest BCUT2D eigenvalue weighted by Gasteiger charge is -2.09. The number of carbonyl (C=O) groups is 1. The Labute approximate surface area is 74.1 Å². The van der Waals surface area contributed by atoms with Crippen LogP contribution in [-0.2, 0) is 4.79 Å². The molecule has 0 saturated heterocycles. The van der Waals surface area contributed by atoms with Gasteiger partial charge in [-0.25, -0.2) is 0 Å². The van der Waals surface area contributed by atoms with Crippen LogP contribution in [0.3, 0.4) is 0 Å². The standard InChI is InChI=1S/C10H17NO/c1-2-3-7-10(12)9-6-4-5-8-11-9/h2-8H2,1H3. The number of hydrogen-bond donors (Lipinski definition) is 0. The van der Waals surface area contributed by atoms with E-state index in [1.807, 2.05) is 0 Å². The zero-order valence-electron chi connectivity index (χ0n) is 7.81. The van der Waals surface area contributed by atoms with Gasteiger partial charge in [-0.05, 0) is 25.7 Å². The van der Waals surface area contributed by atoms with E-state index in [0.29, 0.717) is 6.42 Å². The van der Waals surface area contributed by atoms with E-state index in [2.05, 4.69) is 11.9 Å². The fourth-order valence-corrected chi connectivity index (χ4v) is 1.41. The molecule has 2 heteroatoms. The molecule has 0 fully saturated rings. The summed E-state index contributed by atoms with van der Waals surface area (Å²) in [6.07, 6.45) is 6.04. The molecule has 2 nitrogen and oxygen atoms in total. The van der Waals surface area contributed by atoms with Crippen molar-refractivity contribution in [2.24, 2.45) is 4.99 Å². The van der Waals surface area contributed by atoms with Gasteiger partial charge >= 0.3 is 0 Å². The summed E-state index contributed by atoms with van der Waals surface area (Å²) in [7, 11) is 0. The van der Waals surface area contributed by atoms with E-state index in [1.165, 1.54) is 0 Å². The third-order valence-electron chi connectivity index (χ3n) is 2.20. The Morgan fingerprint density at radius 1 is 1.50 bits per heavy atom. The van der Waals surface area contributed by atoms with Gasteiger partial charge in [0.1, 0.15) is 0 Å². The summed E-state index contributed by atoms with van der Waals surface area (Å²) in [6, 6.07) is 0. The Morgan fingerprint density at radius 2 is 2.33 bits per heavy atom. The second-order valence-electron chi connectivity index (χ2n) is 3.31. The maximum absolute atomic E-state index is 11.4. The molecule has 0 saturated carbocycles. The summed E-state index contributed by atoms with van der Waals surface area (Å²) >= 11 is 0. The molecule has 1 aliphatic rings. The Balaban J connectivity index is 2.35. The minimum atomic E-state index is 0.288. The van der Waals surface area contributed by atoms with Crippen molar-refractivity contribution >= 4 is 11.5 Å². The summed E-state index contributed by atoms with van der Waals surface area (Å²) in [5.41, 5.74) is 0.856. The van der Waals surface area contributed by atoms with E-state index in [-0.39, 0.29) is 5.78 Å². The fraction of sp³-hybridized carbons (Fsp3) is 0.800. The Morgan fingerprint density at radius 3 is 2.92 bits per heavy atom. The maximum Gasteiger partial charge on any atom is 0.176 e. The molecule has 1 heterocycles. The first-order chi connectivity index (χ1) is 5.84. The third kappa shape index (κ3) is 2.76. The smallest absolute Gasteiger partial charge is 0.176 e. The number of Topliss-reactive ketones (excluding diaryl/α,β-unsaturated/α-hetero) is 1. The molecule has 0 radical (unpaired) electrons. The molecule has 0 unspecified atom stereocenters. The van der Waals surface area contributed by atoms with Gasteiger partial charge in [0.05, 0.1) is 5.71 Å². The van der Waals surface area contributed by atoms with E-state index < -0.39 is 0 Å². The average Bonchev–Trinajstić information content (AvgIpc) is 2.15. The summed E-state index contributed by atoms with van der Waals surface area (Å²) in [4.78, 5) is 15.7. The molecule has 0 aliphatic carbocycles. The van der Waals surface area contributed by atoms with E-state index in [0.717, 1.165) is 44.4 Å². The minimum Gasteiger partial charge on any atom is -0.293 e. The Kier molecular flexibility index (Phi) is 3.98. The SMILES string of the molecule is CCCCC(=O)C1=NCCCC1. The average molecular weight is 167 g/mol. The minimum absolute atomic E-state index is 0.288. The van der Waals surface area contributed by atoms with Crippen LogP contribution in [0.4, 0.5) is 0 Å². The number of aliphatic imine (C=N–C) groups is 1. The van der Waals surface area contributed by atoms with Crippen LogP contribution in [0.1, 0.15) is 45.4 Å². The predicted molar refractivity (Wildman–Crippen MR) is 50.7 cm³/mol. The van der Waals surface area contributed by atoms with Crippen LogP contribution in [0.2, 0.25) is 0 Å². The van der Waals surface area contributed by atoms with Crippen LogP contribution in [0, 0.1) is 0 Å². The number of ketones is 1. The zero-order chi connectivity index (χ0) is 8.81. The first-order valence-corrected chi connectivity index (χ1v) is 4.91. The van der Waals surface area contributed by atoms with E-state index >= 15 is 0 Å². The van der Waals surface area contributed by atoms with E-state index in [4.69, 9.17) is 0 Å². The molecule has 0 N–H and O–H groups in total. The van der Waals surface area contributed by atoms with Crippen LogP contribution in [-0.4, -0.2) is 18.0 Å². The highest BCUT2D eigenvalue weighted by atomic mass is 16.1. The number of rotatable bonds is 4. The Hall–Kier alpha value is -0.660. The first-order valence-electron chi connectivity index (χ1n) is 4.91. The molecule has 0 aromatic heterocycles. The molecule has 12 heavy (non-hydrogen) atoms. The number of hydrogen-bond acceptors (Lipinski definition) is 2. The molecule has 0 aromatic rings. The second kappa shape index (κ2) is 5.07.